The summed E-state index contributed by atoms with van der Waals surface area (Å²) < 4.78 is 24.8. The minimum absolute atomic E-state index is 0.458. The molecule has 0 aromatic carbocycles. The van der Waals surface area contributed by atoms with Gasteiger partial charge in [0, 0.05) is 0 Å². The van der Waals surface area contributed by atoms with Crippen LogP contribution < -0.4 is 0 Å². The van der Waals surface area contributed by atoms with Crippen molar-refractivity contribution >= 4 is 22.7 Å². The zero-order valence-electron chi connectivity index (χ0n) is 5.36. The average Bonchev–Trinajstić information content (AvgIpc) is 1.86. The van der Waals surface area contributed by atoms with Crippen molar-refractivity contribution < 1.29 is 12.6 Å². The Kier molecular flexibility index (Phi) is 3.53. The lowest BCUT2D eigenvalue weighted by Gasteiger charge is -2.05. The van der Waals surface area contributed by atoms with Crippen molar-refractivity contribution in [3.63, 3.8) is 0 Å². The molecular formula is C4H10O3S2. The van der Waals surface area contributed by atoms with Crippen molar-refractivity contribution in [2.24, 2.45) is 0 Å². The monoisotopic (exact) mass is 170 g/mol. The van der Waals surface area contributed by atoms with E-state index in [9.17, 15) is 8.42 Å². The highest BCUT2D eigenvalue weighted by Gasteiger charge is 2.17. The first-order chi connectivity index (χ1) is 4.04. The predicted molar refractivity (Wildman–Crippen MR) is 39.0 cm³/mol. The van der Waals surface area contributed by atoms with Gasteiger partial charge in [0.2, 0.25) is 0 Å². The third kappa shape index (κ3) is 2.55. The van der Waals surface area contributed by atoms with Crippen molar-refractivity contribution in [2.45, 2.75) is 17.9 Å². The molecule has 0 aromatic rings. The molecule has 0 fully saturated rings. The highest BCUT2D eigenvalue weighted by atomic mass is 32.3. The first kappa shape index (κ1) is 9.26. The van der Waals surface area contributed by atoms with Gasteiger partial charge >= 0.3 is 0 Å². The Morgan fingerprint density at radius 1 is 1.67 bits per heavy atom. The Morgan fingerprint density at radius 2 is 2.11 bits per heavy atom. The third-order valence-corrected chi connectivity index (χ3v) is 3.52. The SMILES string of the molecule is CCC(S)S(=O)(=O)OC. The minimum Gasteiger partial charge on any atom is -0.273 e. The Hall–Kier alpha value is 0.260. The summed E-state index contributed by atoms with van der Waals surface area (Å²) in [6.07, 6.45) is 0.458. The summed E-state index contributed by atoms with van der Waals surface area (Å²) in [5.41, 5.74) is 0. The lowest BCUT2D eigenvalue weighted by molar-refractivity contribution is 0.395. The molecule has 5 heteroatoms. The Bertz CT molecular complexity index is 161. The standard InChI is InChI=1S/C4H10O3S2/c1-3-4(8)9(5,6)7-2/h4,8H,3H2,1-2H3. The second kappa shape index (κ2) is 3.43. The van der Waals surface area contributed by atoms with Crippen molar-refractivity contribution in [3.05, 3.63) is 0 Å². The first-order valence-corrected chi connectivity index (χ1v) is 4.51. The summed E-state index contributed by atoms with van der Waals surface area (Å²) in [7, 11) is -2.25. The van der Waals surface area contributed by atoms with Crippen LogP contribution in [0.25, 0.3) is 0 Å². The lowest BCUT2D eigenvalue weighted by atomic mass is 10.6. The van der Waals surface area contributed by atoms with E-state index in [1.165, 1.54) is 0 Å². The van der Waals surface area contributed by atoms with E-state index >= 15 is 0 Å². The Balaban J connectivity index is 4.17. The molecule has 1 unspecified atom stereocenters. The van der Waals surface area contributed by atoms with E-state index < -0.39 is 14.7 Å². The first-order valence-electron chi connectivity index (χ1n) is 2.52. The van der Waals surface area contributed by atoms with Crippen LogP contribution in [0.5, 0.6) is 0 Å². The molecule has 0 heterocycles. The molecule has 0 spiro atoms. The zero-order valence-corrected chi connectivity index (χ0v) is 7.08. The molecular weight excluding hydrogens is 160 g/mol. The van der Waals surface area contributed by atoms with Gasteiger partial charge in [-0.15, -0.1) is 0 Å². The van der Waals surface area contributed by atoms with Crippen LogP contribution in [-0.2, 0) is 14.3 Å². The molecule has 0 aliphatic carbocycles. The fraction of sp³-hybridized carbons (Fsp3) is 1.00. The topological polar surface area (TPSA) is 43.4 Å². The van der Waals surface area contributed by atoms with Crippen LogP contribution in [0.15, 0.2) is 0 Å². The molecule has 0 aliphatic heterocycles. The smallest absolute Gasteiger partial charge is 0.273 e. The van der Waals surface area contributed by atoms with E-state index in [4.69, 9.17) is 0 Å². The van der Waals surface area contributed by atoms with Crippen LogP contribution in [0.3, 0.4) is 0 Å². The van der Waals surface area contributed by atoms with Gasteiger partial charge in [-0.3, -0.25) is 4.18 Å². The minimum atomic E-state index is -3.38. The summed E-state index contributed by atoms with van der Waals surface area (Å²) in [5, 5.41) is 0. The molecule has 0 saturated heterocycles. The molecule has 56 valence electrons. The second-order valence-electron chi connectivity index (χ2n) is 1.52. The van der Waals surface area contributed by atoms with Gasteiger partial charge < -0.3 is 0 Å². The molecule has 0 aliphatic rings. The van der Waals surface area contributed by atoms with Crippen LogP contribution in [0.2, 0.25) is 0 Å². The van der Waals surface area contributed by atoms with E-state index in [1.807, 2.05) is 0 Å². The molecule has 0 bridgehead atoms. The van der Waals surface area contributed by atoms with Gasteiger partial charge in [-0.2, -0.15) is 21.0 Å². The van der Waals surface area contributed by atoms with E-state index in [1.54, 1.807) is 6.92 Å². The molecule has 3 nitrogen and oxygen atoms in total. The Labute approximate surface area is 60.9 Å². The van der Waals surface area contributed by atoms with Crippen molar-refractivity contribution in [2.75, 3.05) is 7.11 Å². The van der Waals surface area contributed by atoms with E-state index in [2.05, 4.69) is 16.8 Å². The molecule has 1 atom stereocenters. The van der Waals surface area contributed by atoms with E-state index in [0.29, 0.717) is 6.42 Å². The largest absolute Gasteiger partial charge is 0.279 e. The lowest BCUT2D eigenvalue weighted by Crippen LogP contribution is -2.15. The maximum absolute atomic E-state index is 10.6. The van der Waals surface area contributed by atoms with Crippen molar-refractivity contribution in [1.82, 2.24) is 0 Å². The molecule has 0 saturated carbocycles. The molecule has 0 N–H and O–H groups in total. The van der Waals surface area contributed by atoms with E-state index in [-0.39, 0.29) is 0 Å². The van der Waals surface area contributed by atoms with Gasteiger partial charge in [-0.1, -0.05) is 6.92 Å². The molecule has 0 aromatic heterocycles. The highest BCUT2D eigenvalue weighted by Crippen LogP contribution is 2.10. The van der Waals surface area contributed by atoms with Gasteiger partial charge in [0.15, 0.2) is 0 Å². The van der Waals surface area contributed by atoms with Crippen LogP contribution in [0.4, 0.5) is 0 Å². The molecule has 0 rings (SSSR count). The van der Waals surface area contributed by atoms with E-state index in [0.717, 1.165) is 7.11 Å². The summed E-state index contributed by atoms with van der Waals surface area (Å²) in [4.78, 5) is 0. The predicted octanol–water partition coefficient (Wildman–Crippen LogP) is 0.629. The summed E-state index contributed by atoms with van der Waals surface area (Å²) in [5.74, 6) is 0. The van der Waals surface area contributed by atoms with Crippen LogP contribution in [0.1, 0.15) is 13.3 Å². The summed E-state index contributed by atoms with van der Waals surface area (Å²) in [6, 6.07) is 0. The molecule has 9 heavy (non-hydrogen) atoms. The van der Waals surface area contributed by atoms with Crippen molar-refractivity contribution in [3.8, 4) is 0 Å². The fourth-order valence-corrected chi connectivity index (χ4v) is 1.20. The number of thiol groups is 1. The number of rotatable bonds is 3. The van der Waals surface area contributed by atoms with Gasteiger partial charge in [0.1, 0.15) is 4.58 Å². The second-order valence-corrected chi connectivity index (χ2v) is 4.38. The van der Waals surface area contributed by atoms with Crippen molar-refractivity contribution in [1.29, 1.82) is 0 Å². The maximum Gasteiger partial charge on any atom is 0.279 e. The number of hydrogen-bond acceptors (Lipinski definition) is 4. The summed E-state index contributed by atoms with van der Waals surface area (Å²) >= 11 is 3.78. The number of hydrogen-bond donors (Lipinski definition) is 1. The van der Waals surface area contributed by atoms with Crippen LogP contribution in [0, 0.1) is 0 Å². The van der Waals surface area contributed by atoms with Crippen LogP contribution in [-0.4, -0.2) is 20.1 Å². The zero-order chi connectivity index (χ0) is 7.49. The normalized spacial score (nSPS) is 15.4. The van der Waals surface area contributed by atoms with Gasteiger partial charge in [0.25, 0.3) is 10.1 Å². The van der Waals surface area contributed by atoms with Gasteiger partial charge in [0.05, 0.1) is 7.11 Å². The van der Waals surface area contributed by atoms with Gasteiger partial charge in [-0.25, -0.2) is 0 Å². The fourth-order valence-electron chi connectivity index (χ4n) is 0.315. The van der Waals surface area contributed by atoms with Gasteiger partial charge in [-0.05, 0) is 6.42 Å². The average molecular weight is 170 g/mol. The highest BCUT2D eigenvalue weighted by molar-refractivity contribution is 8.02. The summed E-state index contributed by atoms with van der Waals surface area (Å²) in [6.45, 7) is 1.73. The quantitative estimate of drug-likeness (QED) is 0.499. The Morgan fingerprint density at radius 3 is 2.22 bits per heavy atom. The maximum atomic E-state index is 10.6. The van der Waals surface area contributed by atoms with Crippen LogP contribution >= 0.6 is 12.6 Å². The molecule has 0 amide bonds. The third-order valence-electron chi connectivity index (χ3n) is 0.915. The molecule has 0 radical (unpaired) electrons.